The lowest BCUT2D eigenvalue weighted by Crippen LogP contribution is -2.32. The molecule has 2 rings (SSSR count). The van der Waals surface area contributed by atoms with E-state index in [2.05, 4.69) is 15.0 Å². The largest absolute Gasteiger partial charge is 0.313 e. The summed E-state index contributed by atoms with van der Waals surface area (Å²) < 4.78 is 26.4. The van der Waals surface area contributed by atoms with Crippen molar-refractivity contribution in [3.8, 4) is 0 Å². The predicted molar refractivity (Wildman–Crippen MR) is 67.4 cm³/mol. The molecule has 0 amide bonds. The van der Waals surface area contributed by atoms with Crippen LogP contribution in [0.25, 0.3) is 0 Å². The first-order valence-electron chi connectivity index (χ1n) is 5.72. The summed E-state index contributed by atoms with van der Waals surface area (Å²) in [5.41, 5.74) is 1.37. The van der Waals surface area contributed by atoms with Gasteiger partial charge in [0.1, 0.15) is 0 Å². The summed E-state index contributed by atoms with van der Waals surface area (Å²) >= 11 is 0. The molecule has 1 saturated heterocycles. The Hall–Kier alpha value is -1.14. The molecule has 1 aromatic heterocycles. The third-order valence-electron chi connectivity index (χ3n) is 2.75. The van der Waals surface area contributed by atoms with E-state index in [9.17, 15) is 8.42 Å². The molecule has 1 aliphatic heterocycles. The molecular formula is C11H17N3O2S. The molecule has 0 saturated carbocycles. The summed E-state index contributed by atoms with van der Waals surface area (Å²) in [5, 5.41) is 3.18. The predicted octanol–water partition coefficient (Wildman–Crippen LogP) is 0.884. The number of pyridine rings is 1. The van der Waals surface area contributed by atoms with Crippen molar-refractivity contribution in [2.24, 2.45) is 0 Å². The average Bonchev–Trinajstić information content (AvgIpc) is 2.68. The quantitative estimate of drug-likeness (QED) is 0.838. The third-order valence-corrected chi connectivity index (χ3v) is 4.14. The van der Waals surface area contributed by atoms with Gasteiger partial charge in [0.15, 0.2) is 0 Å². The number of hydrogen-bond donors (Lipinski definition) is 2. The number of hydrogen-bond acceptors (Lipinski definition) is 4. The van der Waals surface area contributed by atoms with Crippen molar-refractivity contribution in [1.29, 1.82) is 0 Å². The van der Waals surface area contributed by atoms with E-state index >= 15 is 0 Å². The highest BCUT2D eigenvalue weighted by molar-refractivity contribution is 7.92. The van der Waals surface area contributed by atoms with Gasteiger partial charge < -0.3 is 5.32 Å². The Morgan fingerprint density at radius 1 is 1.59 bits per heavy atom. The Balaban J connectivity index is 2.01. The SMILES string of the molecule is Cc1cc(NS(=O)(=O)CC2CCCN2)ccn1. The zero-order valence-electron chi connectivity index (χ0n) is 9.81. The Bertz CT molecular complexity index is 481. The van der Waals surface area contributed by atoms with Gasteiger partial charge in [0.2, 0.25) is 10.0 Å². The molecule has 0 spiro atoms. The molecule has 6 heteroatoms. The fourth-order valence-electron chi connectivity index (χ4n) is 1.99. The summed E-state index contributed by atoms with van der Waals surface area (Å²) in [7, 11) is -3.28. The first kappa shape index (κ1) is 12.3. The van der Waals surface area contributed by atoms with Crippen LogP contribution in [0.1, 0.15) is 18.5 Å². The Morgan fingerprint density at radius 2 is 2.41 bits per heavy atom. The van der Waals surface area contributed by atoms with E-state index in [1.165, 1.54) is 0 Å². The second-order valence-electron chi connectivity index (χ2n) is 4.36. The highest BCUT2D eigenvalue weighted by Crippen LogP contribution is 2.12. The number of aryl methyl sites for hydroxylation is 1. The molecule has 0 aromatic carbocycles. The van der Waals surface area contributed by atoms with Crippen molar-refractivity contribution in [1.82, 2.24) is 10.3 Å². The monoisotopic (exact) mass is 255 g/mol. The number of anilines is 1. The topological polar surface area (TPSA) is 71.1 Å². The van der Waals surface area contributed by atoms with Gasteiger partial charge in [-0.1, -0.05) is 0 Å². The van der Waals surface area contributed by atoms with Crippen molar-refractivity contribution in [3.05, 3.63) is 24.0 Å². The van der Waals surface area contributed by atoms with Crippen LogP contribution in [0.3, 0.4) is 0 Å². The van der Waals surface area contributed by atoms with Gasteiger partial charge in [-0.15, -0.1) is 0 Å². The standard InChI is InChI=1S/C11H17N3O2S/c1-9-7-10(4-6-12-9)14-17(15,16)8-11-3-2-5-13-11/h4,6-7,11,13H,2-3,5,8H2,1H3,(H,12,14). The molecule has 0 radical (unpaired) electrons. The number of nitrogens with zero attached hydrogens (tertiary/aromatic N) is 1. The third kappa shape index (κ3) is 3.67. The molecule has 0 bridgehead atoms. The van der Waals surface area contributed by atoms with Gasteiger partial charge in [-0.3, -0.25) is 9.71 Å². The van der Waals surface area contributed by atoms with Gasteiger partial charge in [0, 0.05) is 17.9 Å². The Morgan fingerprint density at radius 3 is 3.06 bits per heavy atom. The van der Waals surface area contributed by atoms with Gasteiger partial charge in [-0.25, -0.2) is 8.42 Å². The fraction of sp³-hybridized carbons (Fsp3) is 0.545. The lowest BCUT2D eigenvalue weighted by atomic mass is 10.3. The molecule has 5 nitrogen and oxygen atoms in total. The van der Waals surface area contributed by atoms with E-state index in [4.69, 9.17) is 0 Å². The van der Waals surface area contributed by atoms with Gasteiger partial charge >= 0.3 is 0 Å². The maximum atomic E-state index is 11.9. The van der Waals surface area contributed by atoms with Crippen LogP contribution in [0.4, 0.5) is 5.69 Å². The molecular weight excluding hydrogens is 238 g/mol. The molecule has 1 fully saturated rings. The lowest BCUT2D eigenvalue weighted by Gasteiger charge is -2.12. The van der Waals surface area contributed by atoms with Crippen LogP contribution in [0.5, 0.6) is 0 Å². The van der Waals surface area contributed by atoms with Crippen LogP contribution in [-0.2, 0) is 10.0 Å². The van der Waals surface area contributed by atoms with Gasteiger partial charge in [-0.05, 0) is 38.4 Å². The minimum Gasteiger partial charge on any atom is -0.313 e. The van der Waals surface area contributed by atoms with Crippen molar-refractivity contribution >= 4 is 15.7 Å². The Kier molecular flexibility index (Phi) is 3.63. The van der Waals surface area contributed by atoms with Gasteiger partial charge in [0.05, 0.1) is 11.4 Å². The number of aromatic nitrogens is 1. The smallest absolute Gasteiger partial charge is 0.234 e. The van der Waals surface area contributed by atoms with Crippen LogP contribution in [0, 0.1) is 6.92 Å². The lowest BCUT2D eigenvalue weighted by molar-refractivity contribution is 0.582. The minimum absolute atomic E-state index is 0.0791. The van der Waals surface area contributed by atoms with Crippen LogP contribution in [0.2, 0.25) is 0 Å². The molecule has 1 aromatic rings. The molecule has 2 heterocycles. The van der Waals surface area contributed by atoms with Crippen molar-refractivity contribution in [2.75, 3.05) is 17.0 Å². The van der Waals surface area contributed by atoms with Crippen LogP contribution in [-0.4, -0.2) is 31.7 Å². The van der Waals surface area contributed by atoms with Crippen LogP contribution >= 0.6 is 0 Å². The van der Waals surface area contributed by atoms with E-state index in [0.29, 0.717) is 5.69 Å². The molecule has 17 heavy (non-hydrogen) atoms. The molecule has 1 unspecified atom stereocenters. The molecule has 94 valence electrons. The van der Waals surface area contributed by atoms with E-state index in [0.717, 1.165) is 25.1 Å². The summed E-state index contributed by atoms with van der Waals surface area (Å²) in [5.74, 6) is 0.133. The minimum atomic E-state index is -3.28. The number of sulfonamides is 1. The average molecular weight is 255 g/mol. The first-order chi connectivity index (χ1) is 8.05. The van der Waals surface area contributed by atoms with E-state index in [-0.39, 0.29) is 11.8 Å². The molecule has 1 atom stereocenters. The van der Waals surface area contributed by atoms with E-state index < -0.39 is 10.0 Å². The summed E-state index contributed by atoms with van der Waals surface area (Å²) in [6, 6.07) is 3.46. The zero-order chi connectivity index (χ0) is 12.3. The second kappa shape index (κ2) is 5.01. The maximum Gasteiger partial charge on any atom is 0.234 e. The summed E-state index contributed by atoms with van der Waals surface area (Å²) in [4.78, 5) is 4.03. The summed E-state index contributed by atoms with van der Waals surface area (Å²) in [6.07, 6.45) is 3.58. The van der Waals surface area contributed by atoms with Gasteiger partial charge in [-0.2, -0.15) is 0 Å². The molecule has 1 aliphatic rings. The second-order valence-corrected chi connectivity index (χ2v) is 6.13. The van der Waals surface area contributed by atoms with E-state index in [1.54, 1.807) is 18.3 Å². The highest BCUT2D eigenvalue weighted by Gasteiger charge is 2.21. The first-order valence-corrected chi connectivity index (χ1v) is 7.37. The van der Waals surface area contributed by atoms with Crippen molar-refractivity contribution < 1.29 is 8.42 Å². The molecule has 0 aliphatic carbocycles. The zero-order valence-corrected chi connectivity index (χ0v) is 10.6. The Labute approximate surface area is 102 Å². The number of nitrogens with one attached hydrogen (secondary N) is 2. The highest BCUT2D eigenvalue weighted by atomic mass is 32.2. The van der Waals surface area contributed by atoms with E-state index in [1.807, 2.05) is 6.92 Å². The number of rotatable bonds is 4. The normalized spacial score (nSPS) is 20.4. The van der Waals surface area contributed by atoms with Gasteiger partial charge in [0.25, 0.3) is 0 Å². The fourth-order valence-corrected chi connectivity index (χ4v) is 3.38. The molecule has 2 N–H and O–H groups in total. The summed E-state index contributed by atoms with van der Waals surface area (Å²) in [6.45, 7) is 2.74. The van der Waals surface area contributed by atoms with Crippen LogP contribution < -0.4 is 10.0 Å². The maximum absolute atomic E-state index is 11.9. The van der Waals surface area contributed by atoms with Crippen LogP contribution in [0.15, 0.2) is 18.3 Å². The van der Waals surface area contributed by atoms with Crippen molar-refractivity contribution in [3.63, 3.8) is 0 Å². The van der Waals surface area contributed by atoms with Crippen molar-refractivity contribution in [2.45, 2.75) is 25.8 Å².